The topological polar surface area (TPSA) is 107 Å². The molecule has 1 saturated carbocycles. The Bertz CT molecular complexity index is 774. The zero-order valence-electron chi connectivity index (χ0n) is 25.8. The molecule has 1 N–H and O–H groups in total. The quantitative estimate of drug-likeness (QED) is 0.140. The van der Waals surface area contributed by atoms with E-state index in [1.807, 2.05) is 6.92 Å². The Kier molecular flexibility index (Phi) is 17.3. The maximum absolute atomic E-state index is 12.7. The Morgan fingerprint density at radius 3 is 2.10 bits per heavy atom. The lowest BCUT2D eigenvalue weighted by Crippen LogP contribution is -2.47. The van der Waals surface area contributed by atoms with Gasteiger partial charge in [-0.15, -0.1) is 0 Å². The molecular weight excluding hydrogens is 566 g/mol. The second-order valence-electron chi connectivity index (χ2n) is 11.2. The van der Waals surface area contributed by atoms with Crippen molar-refractivity contribution in [3.63, 3.8) is 0 Å². The summed E-state index contributed by atoms with van der Waals surface area (Å²) in [7, 11) is 6.64. The van der Waals surface area contributed by atoms with Gasteiger partial charge in [0.15, 0.2) is 12.6 Å². The van der Waals surface area contributed by atoms with Gasteiger partial charge in [0.2, 0.25) is 5.91 Å². The summed E-state index contributed by atoms with van der Waals surface area (Å²) in [4.78, 5) is 40.4. The highest BCUT2D eigenvalue weighted by Gasteiger charge is 2.39. The van der Waals surface area contributed by atoms with E-state index < -0.39 is 6.09 Å². The monoisotopic (exact) mass is 619 g/mol. The molecule has 10 nitrogen and oxygen atoms in total. The van der Waals surface area contributed by atoms with Crippen LogP contribution in [0, 0.1) is 11.3 Å². The molecule has 41 heavy (non-hydrogen) atoms. The van der Waals surface area contributed by atoms with Crippen LogP contribution < -0.4 is 5.32 Å². The normalized spacial score (nSPS) is 19.8. The summed E-state index contributed by atoms with van der Waals surface area (Å²) < 4.78 is 22.0. The van der Waals surface area contributed by atoms with E-state index in [4.69, 9.17) is 18.9 Å². The highest BCUT2D eigenvalue weighted by molar-refractivity contribution is 8.76. The maximum Gasteiger partial charge on any atom is 0.409 e. The van der Waals surface area contributed by atoms with Crippen LogP contribution in [0.3, 0.4) is 0 Å². The van der Waals surface area contributed by atoms with Crippen molar-refractivity contribution in [1.82, 2.24) is 15.1 Å². The Morgan fingerprint density at radius 1 is 0.927 bits per heavy atom. The van der Waals surface area contributed by atoms with Crippen LogP contribution in [0.1, 0.15) is 85.0 Å². The van der Waals surface area contributed by atoms with Gasteiger partial charge in [-0.1, -0.05) is 67.5 Å². The van der Waals surface area contributed by atoms with Crippen LogP contribution in [-0.4, -0.2) is 98.9 Å². The lowest BCUT2D eigenvalue weighted by Gasteiger charge is -2.43. The third-order valence-corrected chi connectivity index (χ3v) is 10.1. The van der Waals surface area contributed by atoms with E-state index in [0.29, 0.717) is 44.4 Å². The van der Waals surface area contributed by atoms with Crippen molar-refractivity contribution in [3.8, 4) is 0 Å². The molecule has 2 fully saturated rings. The fraction of sp³-hybridized carbons (Fsp3) is 0.897. The van der Waals surface area contributed by atoms with Gasteiger partial charge in [-0.25, -0.2) is 9.59 Å². The van der Waals surface area contributed by atoms with E-state index in [1.54, 1.807) is 40.6 Å². The molecule has 0 unspecified atom stereocenters. The number of ether oxygens (including phenoxy) is 4. The van der Waals surface area contributed by atoms with Gasteiger partial charge >= 0.3 is 12.2 Å². The predicted octanol–water partition coefficient (Wildman–Crippen LogP) is 5.90. The van der Waals surface area contributed by atoms with Crippen molar-refractivity contribution in [2.45, 2.75) is 97.6 Å². The van der Waals surface area contributed by atoms with E-state index in [0.717, 1.165) is 57.8 Å². The zero-order chi connectivity index (χ0) is 30.1. The van der Waals surface area contributed by atoms with Gasteiger partial charge in [0.25, 0.3) is 0 Å². The molecule has 1 aliphatic heterocycles. The van der Waals surface area contributed by atoms with Crippen LogP contribution in [0.2, 0.25) is 0 Å². The maximum atomic E-state index is 12.7. The average molecular weight is 620 g/mol. The summed E-state index contributed by atoms with van der Waals surface area (Å²) in [5.41, 5.74) is 0.0118. The molecule has 0 aromatic rings. The fourth-order valence-electron chi connectivity index (χ4n) is 5.41. The summed E-state index contributed by atoms with van der Waals surface area (Å²) in [6.07, 6.45) is 9.18. The molecule has 0 aromatic heterocycles. The molecule has 0 aromatic carbocycles. The van der Waals surface area contributed by atoms with E-state index >= 15 is 0 Å². The van der Waals surface area contributed by atoms with Crippen molar-refractivity contribution in [2.75, 3.05) is 58.4 Å². The number of amides is 3. The first-order valence-corrected chi connectivity index (χ1v) is 17.8. The second kappa shape index (κ2) is 19.7. The standard InChI is InChI=1S/C29H53N3O7S2/c1-6-11-24(12-7-2)26(33)31(4)15-16-32(5)28(35)37-18-20-41-40-19-17-36-27(34)30-22-29(13-9-8-10-14-29)21-25-38-23(3)39-25/h23-25H,6-22H2,1-5H3,(H,30,34). The minimum atomic E-state index is -0.393. The minimum Gasteiger partial charge on any atom is -0.449 e. The van der Waals surface area contributed by atoms with Gasteiger partial charge in [-0.2, -0.15) is 0 Å². The number of hydrogen-bond donors (Lipinski definition) is 1. The van der Waals surface area contributed by atoms with Gasteiger partial charge < -0.3 is 34.1 Å². The molecule has 0 radical (unpaired) electrons. The lowest BCUT2D eigenvalue weighted by molar-refractivity contribution is -0.383. The molecule has 1 aliphatic carbocycles. The molecule has 1 heterocycles. The number of hydrogen-bond acceptors (Lipinski definition) is 9. The van der Waals surface area contributed by atoms with Crippen LogP contribution in [-0.2, 0) is 23.7 Å². The number of alkyl carbamates (subject to hydrolysis) is 1. The highest BCUT2D eigenvalue weighted by atomic mass is 33.1. The molecular formula is C29H53N3O7S2. The first-order valence-electron chi connectivity index (χ1n) is 15.3. The summed E-state index contributed by atoms with van der Waals surface area (Å²) in [6.45, 7) is 8.18. The van der Waals surface area contributed by atoms with Crippen LogP contribution >= 0.6 is 21.6 Å². The highest BCUT2D eigenvalue weighted by Crippen LogP contribution is 2.42. The van der Waals surface area contributed by atoms with Crippen LogP contribution in [0.4, 0.5) is 9.59 Å². The number of nitrogens with zero attached hydrogens (tertiary/aromatic N) is 2. The first kappa shape index (κ1) is 35.8. The number of nitrogens with one attached hydrogen (secondary N) is 1. The number of carbonyl (C=O) groups is 3. The van der Waals surface area contributed by atoms with Crippen molar-refractivity contribution >= 4 is 39.7 Å². The summed E-state index contributed by atoms with van der Waals surface area (Å²) in [5.74, 6) is 1.50. The average Bonchev–Trinajstić information content (AvgIpc) is 2.95. The minimum absolute atomic E-state index is 0.0118. The lowest BCUT2D eigenvalue weighted by atomic mass is 9.71. The van der Waals surface area contributed by atoms with Crippen molar-refractivity contribution in [2.24, 2.45) is 11.3 Å². The predicted molar refractivity (Wildman–Crippen MR) is 165 cm³/mol. The molecule has 12 heteroatoms. The Labute approximate surface area is 255 Å². The van der Waals surface area contributed by atoms with Crippen LogP contribution in [0.25, 0.3) is 0 Å². The molecule has 0 bridgehead atoms. The van der Waals surface area contributed by atoms with Crippen molar-refractivity contribution in [3.05, 3.63) is 0 Å². The van der Waals surface area contributed by atoms with Gasteiger partial charge in [-0.05, 0) is 38.0 Å². The van der Waals surface area contributed by atoms with Crippen molar-refractivity contribution in [1.29, 1.82) is 0 Å². The molecule has 3 amide bonds. The summed E-state index contributed by atoms with van der Waals surface area (Å²) >= 11 is 0. The third-order valence-electron chi connectivity index (χ3n) is 7.77. The molecule has 2 aliphatic rings. The molecule has 1 saturated heterocycles. The van der Waals surface area contributed by atoms with Gasteiger partial charge in [0, 0.05) is 57.6 Å². The van der Waals surface area contributed by atoms with Gasteiger partial charge in [0.1, 0.15) is 13.2 Å². The Morgan fingerprint density at radius 2 is 1.51 bits per heavy atom. The van der Waals surface area contributed by atoms with Gasteiger partial charge in [0.05, 0.1) is 0 Å². The molecule has 0 spiro atoms. The fourth-order valence-corrected chi connectivity index (χ4v) is 7.07. The smallest absolute Gasteiger partial charge is 0.409 e. The van der Waals surface area contributed by atoms with Gasteiger partial charge in [-0.3, -0.25) is 4.79 Å². The van der Waals surface area contributed by atoms with E-state index in [-0.39, 0.29) is 35.9 Å². The Balaban J connectivity index is 1.50. The molecule has 0 atom stereocenters. The van der Waals surface area contributed by atoms with E-state index in [2.05, 4.69) is 19.2 Å². The van der Waals surface area contributed by atoms with E-state index in [9.17, 15) is 14.4 Å². The zero-order valence-corrected chi connectivity index (χ0v) is 27.5. The van der Waals surface area contributed by atoms with Crippen LogP contribution in [0.5, 0.6) is 0 Å². The molecule has 238 valence electrons. The summed E-state index contributed by atoms with van der Waals surface area (Å²) in [6, 6.07) is 0. The third kappa shape index (κ3) is 13.6. The summed E-state index contributed by atoms with van der Waals surface area (Å²) in [5, 5.41) is 2.96. The van der Waals surface area contributed by atoms with E-state index in [1.165, 1.54) is 11.3 Å². The Hall–Kier alpha value is -1.37. The molecule has 2 rings (SSSR count). The largest absolute Gasteiger partial charge is 0.449 e. The number of likely N-dealkylation sites (N-methyl/N-ethyl adjacent to an activating group) is 2. The first-order chi connectivity index (χ1) is 19.7. The number of rotatable bonds is 19. The second-order valence-corrected chi connectivity index (χ2v) is 13.9. The SMILES string of the molecule is CCCC(CCC)C(=O)N(C)CCN(C)C(=O)OCCSSCCOC(=O)NCC1(CC2OC(C)O2)CCCCC1. The van der Waals surface area contributed by atoms with Crippen LogP contribution in [0.15, 0.2) is 0 Å². The number of carbonyl (C=O) groups excluding carboxylic acids is 3. The van der Waals surface area contributed by atoms with Crippen molar-refractivity contribution < 1.29 is 33.3 Å².